The lowest BCUT2D eigenvalue weighted by atomic mass is 10.1. The van der Waals surface area contributed by atoms with E-state index in [0.29, 0.717) is 18.5 Å². The van der Waals surface area contributed by atoms with Crippen molar-refractivity contribution in [3.05, 3.63) is 44.8 Å². The number of carbonyl (C=O) groups excluding carboxylic acids is 1. The molecule has 0 saturated heterocycles. The minimum Gasteiger partial charge on any atom is -0.353 e. The predicted molar refractivity (Wildman–Crippen MR) is 88.9 cm³/mol. The molecule has 21 heavy (non-hydrogen) atoms. The average Bonchev–Trinajstić information content (AvgIpc) is 2.97. The van der Waals surface area contributed by atoms with Crippen molar-refractivity contribution in [1.82, 2.24) is 10.6 Å². The van der Waals surface area contributed by atoms with E-state index < -0.39 is 0 Å². The van der Waals surface area contributed by atoms with Crippen LogP contribution in [0.3, 0.4) is 0 Å². The van der Waals surface area contributed by atoms with Crippen LogP contribution in [0.15, 0.2) is 35.0 Å². The molecule has 1 saturated carbocycles. The van der Waals surface area contributed by atoms with Crippen LogP contribution in [0.2, 0.25) is 0 Å². The third-order valence-electron chi connectivity index (χ3n) is 3.56. The molecule has 1 amide bonds. The number of carbonyl (C=O) groups is 1. The molecule has 3 nitrogen and oxygen atoms in total. The highest BCUT2D eigenvalue weighted by molar-refractivity contribution is 7.10. The Kier molecular flexibility index (Phi) is 5.06. The topological polar surface area (TPSA) is 41.1 Å². The second-order valence-electron chi connectivity index (χ2n) is 5.40. The van der Waals surface area contributed by atoms with Crippen molar-refractivity contribution in [1.29, 1.82) is 0 Å². The number of hydrogen-bond acceptors (Lipinski definition) is 4. The van der Waals surface area contributed by atoms with Crippen LogP contribution < -0.4 is 10.6 Å². The first-order valence-corrected chi connectivity index (χ1v) is 9.16. The van der Waals surface area contributed by atoms with Crippen LogP contribution in [0.5, 0.6) is 0 Å². The molecule has 2 aromatic rings. The van der Waals surface area contributed by atoms with E-state index in [9.17, 15) is 4.79 Å². The quantitative estimate of drug-likeness (QED) is 0.783. The number of thiophene rings is 2. The first-order chi connectivity index (χ1) is 10.3. The Morgan fingerprint density at radius 3 is 2.71 bits per heavy atom. The number of rotatable bonds is 8. The van der Waals surface area contributed by atoms with Gasteiger partial charge in [-0.15, -0.1) is 22.7 Å². The van der Waals surface area contributed by atoms with Crippen molar-refractivity contribution in [2.24, 2.45) is 0 Å². The van der Waals surface area contributed by atoms with Gasteiger partial charge in [-0.05, 0) is 35.7 Å². The average molecular weight is 320 g/mol. The van der Waals surface area contributed by atoms with Crippen LogP contribution in [0.25, 0.3) is 0 Å². The van der Waals surface area contributed by atoms with Gasteiger partial charge in [0.25, 0.3) is 0 Å². The molecule has 1 unspecified atom stereocenters. The Hall–Kier alpha value is -1.17. The second kappa shape index (κ2) is 7.20. The van der Waals surface area contributed by atoms with E-state index in [1.165, 1.54) is 9.75 Å². The van der Waals surface area contributed by atoms with Gasteiger partial charge in [-0.25, -0.2) is 0 Å². The van der Waals surface area contributed by atoms with Gasteiger partial charge >= 0.3 is 0 Å². The first kappa shape index (κ1) is 14.8. The second-order valence-corrected chi connectivity index (χ2v) is 7.41. The highest BCUT2D eigenvalue weighted by Gasteiger charge is 2.23. The number of amides is 1. The van der Waals surface area contributed by atoms with Crippen LogP contribution in [0.4, 0.5) is 0 Å². The van der Waals surface area contributed by atoms with Gasteiger partial charge in [-0.2, -0.15) is 0 Å². The summed E-state index contributed by atoms with van der Waals surface area (Å²) in [6, 6.07) is 9.28. The molecule has 2 aromatic heterocycles. The largest absolute Gasteiger partial charge is 0.353 e. The van der Waals surface area contributed by atoms with E-state index in [1.54, 1.807) is 22.7 Å². The van der Waals surface area contributed by atoms with E-state index in [-0.39, 0.29) is 5.91 Å². The lowest BCUT2D eigenvalue weighted by Gasteiger charge is -2.16. The minimum absolute atomic E-state index is 0.172. The van der Waals surface area contributed by atoms with Crippen molar-refractivity contribution >= 4 is 28.6 Å². The fraction of sp³-hybridized carbons (Fsp3) is 0.438. The van der Waals surface area contributed by atoms with Crippen LogP contribution in [0, 0.1) is 0 Å². The lowest BCUT2D eigenvalue weighted by Crippen LogP contribution is -2.31. The third-order valence-corrected chi connectivity index (χ3v) is 5.44. The molecule has 0 radical (unpaired) electrons. The highest BCUT2D eigenvalue weighted by atomic mass is 32.1. The summed E-state index contributed by atoms with van der Waals surface area (Å²) in [5, 5.41) is 10.8. The monoisotopic (exact) mass is 320 g/mol. The summed E-state index contributed by atoms with van der Waals surface area (Å²) in [6.07, 6.45) is 3.84. The normalized spacial score (nSPS) is 15.8. The Morgan fingerprint density at radius 1 is 1.24 bits per heavy atom. The van der Waals surface area contributed by atoms with E-state index in [4.69, 9.17) is 0 Å². The molecule has 0 spiro atoms. The van der Waals surface area contributed by atoms with Crippen LogP contribution >= 0.6 is 22.7 Å². The van der Waals surface area contributed by atoms with Gasteiger partial charge in [0, 0.05) is 41.2 Å². The molecular formula is C16H20N2OS2. The minimum atomic E-state index is 0.172. The zero-order valence-corrected chi connectivity index (χ0v) is 13.5. The summed E-state index contributed by atoms with van der Waals surface area (Å²) in [5.74, 6) is 0.172. The summed E-state index contributed by atoms with van der Waals surface area (Å²) in [4.78, 5) is 14.4. The molecule has 0 aromatic carbocycles. The molecule has 5 heteroatoms. The molecule has 2 heterocycles. The standard InChI is InChI=1S/C16H20N2OS2/c19-16(18-12-5-6-12)7-8-17-14(15-4-2-10-21-15)11-13-3-1-9-20-13/h1-4,9-10,12,14,17H,5-8,11H2,(H,18,19). The van der Waals surface area contributed by atoms with Gasteiger partial charge in [0.15, 0.2) is 0 Å². The van der Waals surface area contributed by atoms with Crippen LogP contribution in [-0.4, -0.2) is 18.5 Å². The van der Waals surface area contributed by atoms with E-state index in [2.05, 4.69) is 45.7 Å². The first-order valence-electron chi connectivity index (χ1n) is 7.40. The summed E-state index contributed by atoms with van der Waals surface area (Å²) in [6.45, 7) is 0.729. The summed E-state index contributed by atoms with van der Waals surface area (Å²) in [5.41, 5.74) is 0. The summed E-state index contributed by atoms with van der Waals surface area (Å²) in [7, 11) is 0. The molecule has 3 rings (SSSR count). The molecule has 1 aliphatic carbocycles. The predicted octanol–water partition coefficient (Wildman–Crippen LogP) is 3.35. The van der Waals surface area contributed by atoms with E-state index in [0.717, 1.165) is 25.8 Å². The lowest BCUT2D eigenvalue weighted by molar-refractivity contribution is -0.121. The molecule has 0 aliphatic heterocycles. The zero-order valence-electron chi connectivity index (χ0n) is 11.9. The maximum atomic E-state index is 11.7. The van der Waals surface area contributed by atoms with Crippen LogP contribution in [0.1, 0.15) is 35.1 Å². The van der Waals surface area contributed by atoms with Gasteiger partial charge < -0.3 is 10.6 Å². The smallest absolute Gasteiger partial charge is 0.221 e. The van der Waals surface area contributed by atoms with Crippen molar-refractivity contribution in [3.63, 3.8) is 0 Å². The van der Waals surface area contributed by atoms with Crippen molar-refractivity contribution in [2.75, 3.05) is 6.54 Å². The summed E-state index contributed by atoms with van der Waals surface area (Å²) < 4.78 is 0. The van der Waals surface area contributed by atoms with Gasteiger partial charge in [0.2, 0.25) is 5.91 Å². The van der Waals surface area contributed by atoms with Gasteiger partial charge in [0.1, 0.15) is 0 Å². The molecule has 2 N–H and O–H groups in total. The Balaban J connectivity index is 1.50. The van der Waals surface area contributed by atoms with E-state index in [1.807, 2.05) is 0 Å². The summed E-state index contributed by atoms with van der Waals surface area (Å²) >= 11 is 3.56. The van der Waals surface area contributed by atoms with Crippen molar-refractivity contribution < 1.29 is 4.79 Å². The van der Waals surface area contributed by atoms with Crippen molar-refractivity contribution in [3.8, 4) is 0 Å². The highest BCUT2D eigenvalue weighted by Crippen LogP contribution is 2.25. The fourth-order valence-electron chi connectivity index (χ4n) is 2.28. The molecule has 1 fully saturated rings. The Bertz CT molecular complexity index is 547. The molecule has 0 bridgehead atoms. The fourth-order valence-corrected chi connectivity index (χ4v) is 3.83. The Labute approximate surface area is 133 Å². The zero-order chi connectivity index (χ0) is 14.5. The third kappa shape index (κ3) is 4.66. The van der Waals surface area contributed by atoms with Crippen LogP contribution in [-0.2, 0) is 11.2 Å². The number of hydrogen-bond donors (Lipinski definition) is 2. The maximum absolute atomic E-state index is 11.7. The Morgan fingerprint density at radius 2 is 2.05 bits per heavy atom. The molecular weight excluding hydrogens is 300 g/mol. The van der Waals surface area contributed by atoms with Gasteiger partial charge in [-0.3, -0.25) is 4.79 Å². The van der Waals surface area contributed by atoms with E-state index >= 15 is 0 Å². The van der Waals surface area contributed by atoms with Gasteiger partial charge in [-0.1, -0.05) is 12.1 Å². The van der Waals surface area contributed by atoms with Gasteiger partial charge in [0.05, 0.1) is 0 Å². The molecule has 1 atom stereocenters. The molecule has 112 valence electrons. The SMILES string of the molecule is O=C(CCNC(Cc1cccs1)c1cccs1)NC1CC1. The maximum Gasteiger partial charge on any atom is 0.221 e. The number of nitrogens with one attached hydrogen (secondary N) is 2. The van der Waals surface area contributed by atoms with Crippen molar-refractivity contribution in [2.45, 2.75) is 37.8 Å². The molecule has 1 aliphatic rings.